The van der Waals surface area contributed by atoms with Crippen molar-refractivity contribution in [3.8, 4) is 17.3 Å². The van der Waals surface area contributed by atoms with E-state index in [1.54, 1.807) is 11.8 Å². The number of aliphatic hydroxyl groups is 1. The summed E-state index contributed by atoms with van der Waals surface area (Å²) in [4.78, 5) is 2.01. The first-order valence-electron chi connectivity index (χ1n) is 12.0. The largest absolute Gasteiger partial charge is 0.435 e. The molecule has 0 saturated heterocycles. The molecular weight excluding hydrogens is 468 g/mol. The summed E-state index contributed by atoms with van der Waals surface area (Å²) in [6.45, 7) is 8.42. The van der Waals surface area contributed by atoms with Crippen molar-refractivity contribution in [2.45, 2.75) is 33.4 Å². The first-order valence-corrected chi connectivity index (χ1v) is 12.0. The van der Waals surface area contributed by atoms with Gasteiger partial charge in [-0.15, -0.1) is 0 Å². The molecule has 0 aliphatic rings. The van der Waals surface area contributed by atoms with E-state index in [0.29, 0.717) is 55.9 Å². The van der Waals surface area contributed by atoms with Gasteiger partial charge < -0.3 is 19.3 Å². The van der Waals surface area contributed by atoms with E-state index >= 15 is 0 Å². The molecule has 1 N–H and O–H groups in total. The highest BCUT2D eigenvalue weighted by Crippen LogP contribution is 2.33. The normalized spacial score (nSPS) is 12.5. The molecule has 9 heteroatoms. The lowest BCUT2D eigenvalue weighted by Gasteiger charge is -2.25. The van der Waals surface area contributed by atoms with Crippen molar-refractivity contribution in [3.05, 3.63) is 71.4 Å². The van der Waals surface area contributed by atoms with Crippen LogP contribution in [0.25, 0.3) is 5.69 Å². The van der Waals surface area contributed by atoms with Gasteiger partial charge in [0.15, 0.2) is 11.6 Å². The van der Waals surface area contributed by atoms with E-state index in [1.807, 2.05) is 42.2 Å². The zero-order valence-electron chi connectivity index (χ0n) is 21.3. The van der Waals surface area contributed by atoms with Crippen molar-refractivity contribution in [2.75, 3.05) is 40.0 Å². The Morgan fingerprint density at radius 3 is 2.50 bits per heavy atom. The molecule has 0 aliphatic heterocycles. The number of methoxy groups -OCH3 is 1. The number of aryl methyl sites for hydroxylation is 1. The van der Waals surface area contributed by atoms with Gasteiger partial charge in [-0.05, 0) is 37.1 Å². The SMILES string of the molecule is COCCN(Cc1c(C)nn(-c2ccccc2)c1Oc1ccc(F)cc1F)CC(O)COCC(C)C. The number of halogens is 2. The van der Waals surface area contributed by atoms with Crippen LogP contribution in [0.15, 0.2) is 48.5 Å². The highest BCUT2D eigenvalue weighted by atomic mass is 19.1. The molecule has 3 aromatic rings. The van der Waals surface area contributed by atoms with Crippen LogP contribution in [-0.2, 0) is 16.0 Å². The summed E-state index contributed by atoms with van der Waals surface area (Å²) in [5.74, 6) is -0.919. The van der Waals surface area contributed by atoms with Gasteiger partial charge in [-0.2, -0.15) is 5.10 Å². The number of para-hydroxylation sites is 1. The van der Waals surface area contributed by atoms with Gasteiger partial charge in [0.2, 0.25) is 5.88 Å². The third kappa shape index (κ3) is 7.83. The van der Waals surface area contributed by atoms with Crippen molar-refractivity contribution in [1.82, 2.24) is 14.7 Å². The molecule has 0 radical (unpaired) electrons. The first kappa shape index (κ1) is 27.7. The highest BCUT2D eigenvalue weighted by molar-refractivity contribution is 5.43. The summed E-state index contributed by atoms with van der Waals surface area (Å²) in [6.07, 6.45) is -0.705. The molecule has 1 heterocycles. The quantitative estimate of drug-likeness (QED) is 0.343. The number of hydrogen-bond donors (Lipinski definition) is 1. The van der Waals surface area contributed by atoms with Crippen LogP contribution in [0.2, 0.25) is 0 Å². The zero-order valence-corrected chi connectivity index (χ0v) is 21.3. The molecule has 36 heavy (non-hydrogen) atoms. The van der Waals surface area contributed by atoms with E-state index in [-0.39, 0.29) is 12.4 Å². The lowest BCUT2D eigenvalue weighted by molar-refractivity contribution is 0.00323. The number of aromatic nitrogens is 2. The van der Waals surface area contributed by atoms with Crippen molar-refractivity contribution < 1.29 is 28.1 Å². The number of ether oxygens (including phenoxy) is 3. The molecule has 0 bridgehead atoms. The smallest absolute Gasteiger partial charge is 0.227 e. The predicted octanol–water partition coefficient (Wildman–Crippen LogP) is 4.73. The average Bonchev–Trinajstić information content (AvgIpc) is 3.14. The molecule has 0 amide bonds. The van der Waals surface area contributed by atoms with Crippen molar-refractivity contribution in [1.29, 1.82) is 0 Å². The summed E-state index contributed by atoms with van der Waals surface area (Å²) >= 11 is 0. The number of benzene rings is 2. The molecule has 3 rings (SSSR count). The maximum absolute atomic E-state index is 14.5. The van der Waals surface area contributed by atoms with Crippen LogP contribution in [0.1, 0.15) is 25.1 Å². The lowest BCUT2D eigenvalue weighted by Crippen LogP contribution is -2.37. The monoisotopic (exact) mass is 503 g/mol. The molecule has 196 valence electrons. The van der Waals surface area contributed by atoms with Gasteiger partial charge in [-0.3, -0.25) is 4.90 Å². The van der Waals surface area contributed by atoms with Crippen molar-refractivity contribution in [3.63, 3.8) is 0 Å². The Kier molecular flexibility index (Phi) is 10.4. The second-order valence-electron chi connectivity index (χ2n) is 9.11. The second-order valence-corrected chi connectivity index (χ2v) is 9.11. The molecule has 7 nitrogen and oxygen atoms in total. The zero-order chi connectivity index (χ0) is 26.1. The molecule has 1 atom stereocenters. The van der Waals surface area contributed by atoms with E-state index in [0.717, 1.165) is 17.8 Å². The standard InChI is InChI=1S/C27H35F2N3O4/c1-19(2)17-35-18-23(33)15-31(12-13-34-4)16-24-20(3)30-32(22-8-6-5-7-9-22)27(24)36-26-11-10-21(28)14-25(26)29/h5-11,14,19,23,33H,12-13,15-18H2,1-4H3. The predicted molar refractivity (Wildman–Crippen MR) is 134 cm³/mol. The van der Waals surface area contributed by atoms with E-state index in [9.17, 15) is 13.9 Å². The van der Waals surface area contributed by atoms with E-state index in [1.165, 1.54) is 6.07 Å². The molecule has 1 aromatic heterocycles. The summed E-state index contributed by atoms with van der Waals surface area (Å²) in [7, 11) is 1.62. The van der Waals surface area contributed by atoms with Gasteiger partial charge >= 0.3 is 0 Å². The Balaban J connectivity index is 1.92. The second kappa shape index (κ2) is 13.5. The summed E-state index contributed by atoms with van der Waals surface area (Å²) in [5.41, 5.74) is 2.13. The minimum atomic E-state index is -0.812. The number of rotatable bonds is 14. The average molecular weight is 504 g/mol. The van der Waals surface area contributed by atoms with Gasteiger partial charge in [-0.25, -0.2) is 13.5 Å². The van der Waals surface area contributed by atoms with E-state index in [4.69, 9.17) is 14.2 Å². The fourth-order valence-electron chi connectivity index (χ4n) is 3.70. The number of nitrogens with zero attached hydrogens (tertiary/aromatic N) is 3. The molecule has 0 aliphatic carbocycles. The Morgan fingerprint density at radius 1 is 1.08 bits per heavy atom. The minimum Gasteiger partial charge on any atom is -0.435 e. The Labute approximate surface area is 211 Å². The molecule has 2 aromatic carbocycles. The Bertz CT molecular complexity index is 1090. The Hall–Kier alpha value is -2.85. The molecule has 0 saturated carbocycles. The highest BCUT2D eigenvalue weighted by Gasteiger charge is 2.23. The number of hydrogen-bond acceptors (Lipinski definition) is 6. The van der Waals surface area contributed by atoms with E-state index < -0.39 is 17.7 Å². The van der Waals surface area contributed by atoms with Crippen LogP contribution in [0.5, 0.6) is 11.6 Å². The summed E-state index contributed by atoms with van der Waals surface area (Å²) in [5, 5.41) is 15.2. The maximum Gasteiger partial charge on any atom is 0.227 e. The molecular formula is C27H35F2N3O4. The van der Waals surface area contributed by atoms with Crippen LogP contribution in [-0.4, -0.2) is 65.9 Å². The Morgan fingerprint density at radius 2 is 1.83 bits per heavy atom. The summed E-state index contributed by atoms with van der Waals surface area (Å²) in [6, 6.07) is 12.5. The van der Waals surface area contributed by atoms with Crippen LogP contribution in [0.3, 0.4) is 0 Å². The third-order valence-corrected chi connectivity index (χ3v) is 5.46. The third-order valence-electron chi connectivity index (χ3n) is 5.46. The maximum atomic E-state index is 14.5. The van der Waals surface area contributed by atoms with Gasteiger partial charge in [-0.1, -0.05) is 32.0 Å². The lowest BCUT2D eigenvalue weighted by atomic mass is 10.2. The minimum absolute atomic E-state index is 0.111. The molecule has 1 unspecified atom stereocenters. The van der Waals surface area contributed by atoms with Gasteiger partial charge in [0, 0.05) is 39.4 Å². The van der Waals surface area contributed by atoms with Gasteiger partial charge in [0.25, 0.3) is 0 Å². The number of aliphatic hydroxyl groups excluding tert-OH is 1. The first-order chi connectivity index (χ1) is 17.3. The fraction of sp³-hybridized carbons (Fsp3) is 0.444. The molecule has 0 fully saturated rings. The van der Waals surface area contributed by atoms with Gasteiger partial charge in [0.05, 0.1) is 36.3 Å². The van der Waals surface area contributed by atoms with Crippen molar-refractivity contribution in [2.24, 2.45) is 5.92 Å². The van der Waals surface area contributed by atoms with Crippen LogP contribution in [0.4, 0.5) is 8.78 Å². The van der Waals surface area contributed by atoms with Crippen molar-refractivity contribution >= 4 is 0 Å². The topological polar surface area (TPSA) is 69.0 Å². The molecule has 0 spiro atoms. The fourth-order valence-corrected chi connectivity index (χ4v) is 3.70. The van der Waals surface area contributed by atoms with E-state index in [2.05, 4.69) is 18.9 Å². The summed E-state index contributed by atoms with van der Waals surface area (Å²) < 4.78 is 46.5. The van der Waals surface area contributed by atoms with Gasteiger partial charge in [0.1, 0.15) is 5.82 Å². The van der Waals surface area contributed by atoms with Crippen LogP contribution < -0.4 is 4.74 Å². The van der Waals surface area contributed by atoms with Crippen LogP contribution >= 0.6 is 0 Å². The van der Waals surface area contributed by atoms with Crippen LogP contribution in [0, 0.1) is 24.5 Å².